The fourth-order valence-electron chi connectivity index (χ4n) is 3.33. The van der Waals surface area contributed by atoms with E-state index in [4.69, 9.17) is 9.97 Å². The number of para-hydroxylation sites is 2. The van der Waals surface area contributed by atoms with Gasteiger partial charge in [-0.2, -0.15) is 0 Å². The van der Waals surface area contributed by atoms with Crippen molar-refractivity contribution < 1.29 is 0 Å². The second-order valence-electron chi connectivity index (χ2n) is 6.50. The maximum Gasteiger partial charge on any atom is 0.166 e. The third-order valence-electron chi connectivity index (χ3n) is 4.65. The van der Waals surface area contributed by atoms with Crippen LogP contribution in [-0.4, -0.2) is 14.4 Å². The van der Waals surface area contributed by atoms with Crippen LogP contribution >= 0.6 is 0 Å². The summed E-state index contributed by atoms with van der Waals surface area (Å²) in [4.78, 5) is 9.78. The Morgan fingerprint density at radius 1 is 0.769 bits per heavy atom. The zero-order chi connectivity index (χ0) is 17.5. The van der Waals surface area contributed by atoms with Crippen molar-refractivity contribution in [1.29, 1.82) is 0 Å². The number of fused-ring (bicyclic) bond motifs is 3. The van der Waals surface area contributed by atoms with Gasteiger partial charge in [0.05, 0.1) is 11.0 Å². The molecule has 26 heavy (non-hydrogen) atoms. The van der Waals surface area contributed by atoms with E-state index in [0.717, 1.165) is 39.0 Å². The van der Waals surface area contributed by atoms with Crippen molar-refractivity contribution in [3.63, 3.8) is 0 Å². The van der Waals surface area contributed by atoms with Crippen LogP contribution in [0.5, 0.6) is 0 Å². The molecule has 0 bridgehead atoms. The van der Waals surface area contributed by atoms with Crippen LogP contribution in [0.4, 0.5) is 0 Å². The molecule has 2 aromatic heterocycles. The zero-order valence-electron chi connectivity index (χ0n) is 14.4. The second-order valence-corrected chi connectivity index (χ2v) is 6.50. The molecule has 3 aromatic carbocycles. The van der Waals surface area contributed by atoms with Crippen LogP contribution in [0.15, 0.2) is 78.9 Å². The molecule has 0 fully saturated rings. The summed E-state index contributed by atoms with van der Waals surface area (Å²) in [7, 11) is 0. The molecule has 5 aromatic rings. The van der Waals surface area contributed by atoms with Crippen molar-refractivity contribution in [2.45, 2.75) is 6.92 Å². The molecule has 0 aliphatic rings. The standard InChI is InChI=1S/C23H17N3/c1-16-11-13-17(14-12-16)15-21-25-22(18-7-3-2-4-8-18)23-24-19-9-5-6-10-20(19)26(21)23/h2-15H,1H3/b21-15-. The van der Waals surface area contributed by atoms with Gasteiger partial charge in [0.25, 0.3) is 0 Å². The van der Waals surface area contributed by atoms with Crippen molar-refractivity contribution in [1.82, 2.24) is 14.4 Å². The Bertz CT molecular complexity index is 1270. The van der Waals surface area contributed by atoms with Crippen molar-refractivity contribution in [3.05, 3.63) is 95.5 Å². The first-order valence-electron chi connectivity index (χ1n) is 8.70. The van der Waals surface area contributed by atoms with Gasteiger partial charge >= 0.3 is 0 Å². The van der Waals surface area contributed by atoms with Crippen LogP contribution in [0.1, 0.15) is 11.1 Å². The lowest BCUT2D eigenvalue weighted by Crippen LogP contribution is -2.11. The predicted molar refractivity (Wildman–Crippen MR) is 106 cm³/mol. The lowest BCUT2D eigenvalue weighted by molar-refractivity contribution is 1.13. The summed E-state index contributed by atoms with van der Waals surface area (Å²) in [5.41, 5.74) is 8.24. The summed E-state index contributed by atoms with van der Waals surface area (Å²) < 4.78 is 2.15. The van der Waals surface area contributed by atoms with E-state index in [-0.39, 0.29) is 0 Å². The lowest BCUT2D eigenvalue weighted by Gasteiger charge is -1.95. The summed E-state index contributed by atoms with van der Waals surface area (Å²) in [6.45, 7) is 2.10. The highest BCUT2D eigenvalue weighted by Crippen LogP contribution is 2.24. The van der Waals surface area contributed by atoms with Gasteiger partial charge in [0.1, 0.15) is 11.2 Å². The summed E-state index contributed by atoms with van der Waals surface area (Å²) in [6, 6.07) is 26.9. The maximum absolute atomic E-state index is 4.93. The average Bonchev–Trinajstić information content (AvgIpc) is 3.22. The Morgan fingerprint density at radius 3 is 2.31 bits per heavy atom. The number of nitrogens with zero attached hydrogens (tertiary/aromatic N) is 3. The monoisotopic (exact) mass is 335 g/mol. The predicted octanol–water partition coefficient (Wildman–Crippen LogP) is 4.41. The molecule has 2 heterocycles. The fourth-order valence-corrected chi connectivity index (χ4v) is 3.33. The Morgan fingerprint density at radius 2 is 1.50 bits per heavy atom. The molecule has 0 radical (unpaired) electrons. The number of imidazole rings is 2. The third-order valence-corrected chi connectivity index (χ3v) is 4.65. The molecule has 124 valence electrons. The van der Waals surface area contributed by atoms with E-state index >= 15 is 0 Å². The van der Waals surface area contributed by atoms with Crippen molar-refractivity contribution in [3.8, 4) is 11.3 Å². The van der Waals surface area contributed by atoms with Gasteiger partial charge in [0.15, 0.2) is 5.65 Å². The lowest BCUT2D eigenvalue weighted by atomic mass is 10.1. The van der Waals surface area contributed by atoms with Gasteiger partial charge in [-0.05, 0) is 30.7 Å². The van der Waals surface area contributed by atoms with E-state index in [2.05, 4.69) is 59.9 Å². The summed E-state index contributed by atoms with van der Waals surface area (Å²) in [6.07, 6.45) is 2.12. The Labute approximate surface area is 151 Å². The Balaban J connectivity index is 1.86. The van der Waals surface area contributed by atoms with Gasteiger partial charge in [-0.25, -0.2) is 9.97 Å². The van der Waals surface area contributed by atoms with Gasteiger partial charge in [-0.15, -0.1) is 0 Å². The SMILES string of the molecule is Cc1ccc(/C=c2/nc(-c3ccccc3)c3nc4ccccc4n23)cc1. The van der Waals surface area contributed by atoms with Gasteiger partial charge in [0.2, 0.25) is 0 Å². The quantitative estimate of drug-likeness (QED) is 0.478. The minimum atomic E-state index is 0.899. The molecule has 3 heteroatoms. The highest BCUT2D eigenvalue weighted by molar-refractivity contribution is 5.86. The summed E-state index contributed by atoms with van der Waals surface area (Å²) in [5.74, 6) is 0. The van der Waals surface area contributed by atoms with E-state index in [1.807, 2.05) is 36.4 Å². The molecule has 0 aliphatic carbocycles. The number of hydrogen-bond donors (Lipinski definition) is 0. The number of hydrogen-bond acceptors (Lipinski definition) is 2. The van der Waals surface area contributed by atoms with E-state index < -0.39 is 0 Å². The van der Waals surface area contributed by atoms with E-state index in [1.165, 1.54) is 5.56 Å². The molecule has 0 atom stereocenters. The molecule has 0 unspecified atom stereocenters. The normalized spacial score (nSPS) is 12.3. The van der Waals surface area contributed by atoms with E-state index in [0.29, 0.717) is 0 Å². The maximum atomic E-state index is 4.93. The van der Waals surface area contributed by atoms with Crippen LogP contribution in [0.25, 0.3) is 34.0 Å². The molecular formula is C23H17N3. The number of aryl methyl sites for hydroxylation is 1. The topological polar surface area (TPSA) is 30.2 Å². The molecular weight excluding hydrogens is 318 g/mol. The molecule has 5 rings (SSSR count). The third kappa shape index (κ3) is 2.37. The summed E-state index contributed by atoms with van der Waals surface area (Å²) >= 11 is 0. The fraction of sp³-hybridized carbons (Fsp3) is 0.0435. The van der Waals surface area contributed by atoms with E-state index in [1.54, 1.807) is 0 Å². The molecule has 0 aliphatic heterocycles. The highest BCUT2D eigenvalue weighted by atomic mass is 15.1. The van der Waals surface area contributed by atoms with Crippen molar-refractivity contribution in [2.24, 2.45) is 0 Å². The average molecular weight is 335 g/mol. The van der Waals surface area contributed by atoms with Crippen LogP contribution in [0, 0.1) is 6.92 Å². The first-order valence-corrected chi connectivity index (χ1v) is 8.70. The van der Waals surface area contributed by atoms with E-state index in [9.17, 15) is 0 Å². The van der Waals surface area contributed by atoms with Crippen molar-refractivity contribution in [2.75, 3.05) is 0 Å². The summed E-state index contributed by atoms with van der Waals surface area (Å²) in [5, 5.41) is 0. The first kappa shape index (κ1) is 14.8. The highest BCUT2D eigenvalue weighted by Gasteiger charge is 2.14. The number of rotatable bonds is 2. The van der Waals surface area contributed by atoms with Crippen LogP contribution in [0.3, 0.4) is 0 Å². The van der Waals surface area contributed by atoms with Gasteiger partial charge in [-0.3, -0.25) is 4.40 Å². The van der Waals surface area contributed by atoms with Gasteiger partial charge < -0.3 is 0 Å². The molecule has 0 N–H and O–H groups in total. The molecule has 3 nitrogen and oxygen atoms in total. The minimum Gasteiger partial charge on any atom is -0.275 e. The molecule has 0 spiro atoms. The first-order chi connectivity index (χ1) is 12.8. The largest absolute Gasteiger partial charge is 0.275 e. The van der Waals surface area contributed by atoms with Crippen LogP contribution in [-0.2, 0) is 0 Å². The second kappa shape index (κ2) is 5.81. The molecule has 0 amide bonds. The zero-order valence-corrected chi connectivity index (χ0v) is 14.4. The molecule has 0 saturated carbocycles. The van der Waals surface area contributed by atoms with Crippen molar-refractivity contribution >= 4 is 22.8 Å². The minimum absolute atomic E-state index is 0.899. The van der Waals surface area contributed by atoms with Gasteiger partial charge in [0, 0.05) is 5.56 Å². The molecule has 0 saturated heterocycles. The Kier molecular flexibility index (Phi) is 3.32. The number of aromatic nitrogens is 3. The number of benzene rings is 3. The Hall–Kier alpha value is -3.46. The van der Waals surface area contributed by atoms with Crippen LogP contribution in [0.2, 0.25) is 0 Å². The van der Waals surface area contributed by atoms with Gasteiger partial charge in [-0.1, -0.05) is 72.3 Å². The smallest absolute Gasteiger partial charge is 0.166 e. The van der Waals surface area contributed by atoms with Crippen LogP contribution < -0.4 is 5.48 Å².